The monoisotopic (exact) mass is 474 g/mol. The Morgan fingerprint density at radius 1 is 1.00 bits per heavy atom. The Balaban J connectivity index is 1.46. The summed E-state index contributed by atoms with van der Waals surface area (Å²) in [5.41, 5.74) is 6.83. The zero-order valence-electron chi connectivity index (χ0n) is 20.2. The van der Waals surface area contributed by atoms with Gasteiger partial charge in [0.25, 0.3) is 5.56 Å². The van der Waals surface area contributed by atoms with Crippen molar-refractivity contribution in [2.45, 2.75) is 59.5 Å². The van der Waals surface area contributed by atoms with Gasteiger partial charge in [0.2, 0.25) is 0 Å². The van der Waals surface area contributed by atoms with Crippen LogP contribution in [-0.2, 0) is 19.4 Å². The fourth-order valence-electron chi connectivity index (χ4n) is 5.00. The highest BCUT2D eigenvalue weighted by atomic mass is 32.1. The van der Waals surface area contributed by atoms with Crippen LogP contribution in [0.15, 0.2) is 35.1 Å². The SMILES string of the molecule is COc1cc(-c2nc3sc4c(c3c(=O)[nH]2)CCCCC4)ccc1OCc1c(C)cc(C)cc1C. The number of benzene rings is 2. The van der Waals surface area contributed by atoms with Crippen LogP contribution in [0.1, 0.15) is 52.0 Å². The van der Waals surface area contributed by atoms with Gasteiger partial charge in [0.1, 0.15) is 17.3 Å². The number of fused-ring (bicyclic) bond motifs is 3. The first-order chi connectivity index (χ1) is 16.4. The van der Waals surface area contributed by atoms with E-state index in [4.69, 9.17) is 14.5 Å². The van der Waals surface area contributed by atoms with E-state index in [0.29, 0.717) is 23.9 Å². The lowest BCUT2D eigenvalue weighted by molar-refractivity contribution is 0.283. The topological polar surface area (TPSA) is 64.2 Å². The molecule has 0 spiro atoms. The van der Waals surface area contributed by atoms with Crippen molar-refractivity contribution in [2.24, 2.45) is 0 Å². The third-order valence-corrected chi connectivity index (χ3v) is 7.91. The lowest BCUT2D eigenvalue weighted by atomic mass is 10.0. The van der Waals surface area contributed by atoms with Gasteiger partial charge in [-0.2, -0.15) is 0 Å². The molecule has 2 heterocycles. The number of thiophene rings is 1. The molecule has 2 aromatic heterocycles. The average Bonchev–Trinajstić information content (AvgIpc) is 3.00. The Morgan fingerprint density at radius 3 is 2.53 bits per heavy atom. The zero-order valence-corrected chi connectivity index (χ0v) is 21.0. The molecule has 1 aliphatic rings. The van der Waals surface area contributed by atoms with Gasteiger partial charge in [0, 0.05) is 10.4 Å². The fraction of sp³-hybridized carbons (Fsp3) is 0.357. The summed E-state index contributed by atoms with van der Waals surface area (Å²) in [7, 11) is 1.63. The summed E-state index contributed by atoms with van der Waals surface area (Å²) < 4.78 is 11.8. The molecule has 1 N–H and O–H groups in total. The van der Waals surface area contributed by atoms with Crippen molar-refractivity contribution in [3.8, 4) is 22.9 Å². The molecule has 0 atom stereocenters. The van der Waals surface area contributed by atoms with Gasteiger partial charge in [-0.1, -0.05) is 24.1 Å². The van der Waals surface area contributed by atoms with Crippen molar-refractivity contribution >= 4 is 21.6 Å². The third kappa shape index (κ3) is 4.23. The number of aromatic nitrogens is 2. The van der Waals surface area contributed by atoms with Crippen LogP contribution in [0.25, 0.3) is 21.6 Å². The molecule has 0 aliphatic heterocycles. The predicted molar refractivity (Wildman–Crippen MR) is 138 cm³/mol. The fourth-order valence-corrected chi connectivity index (χ4v) is 6.26. The molecular formula is C28H30N2O3S. The number of ether oxygens (including phenoxy) is 2. The van der Waals surface area contributed by atoms with E-state index in [1.807, 2.05) is 18.2 Å². The first kappa shape index (κ1) is 22.7. The van der Waals surface area contributed by atoms with Crippen molar-refractivity contribution in [3.63, 3.8) is 0 Å². The highest BCUT2D eigenvalue weighted by Crippen LogP contribution is 2.35. The first-order valence-electron chi connectivity index (χ1n) is 11.9. The highest BCUT2D eigenvalue weighted by Gasteiger charge is 2.20. The van der Waals surface area contributed by atoms with Gasteiger partial charge in [0.15, 0.2) is 11.5 Å². The summed E-state index contributed by atoms with van der Waals surface area (Å²) >= 11 is 1.67. The Morgan fingerprint density at radius 2 is 1.76 bits per heavy atom. The number of nitrogens with one attached hydrogen (secondary N) is 1. The van der Waals surface area contributed by atoms with Crippen molar-refractivity contribution in [1.82, 2.24) is 9.97 Å². The summed E-state index contributed by atoms with van der Waals surface area (Å²) in [6.07, 6.45) is 5.57. The second kappa shape index (κ2) is 9.26. The molecule has 1 aliphatic carbocycles. The molecular weight excluding hydrogens is 444 g/mol. The van der Waals surface area contributed by atoms with Crippen LogP contribution in [-0.4, -0.2) is 17.1 Å². The number of rotatable bonds is 5. The molecule has 2 aromatic carbocycles. The maximum atomic E-state index is 13.0. The van der Waals surface area contributed by atoms with E-state index in [-0.39, 0.29) is 5.56 Å². The molecule has 0 unspecified atom stereocenters. The van der Waals surface area contributed by atoms with Crippen LogP contribution in [0.5, 0.6) is 11.5 Å². The van der Waals surface area contributed by atoms with Crippen LogP contribution in [0, 0.1) is 20.8 Å². The van der Waals surface area contributed by atoms with Crippen LogP contribution in [0.3, 0.4) is 0 Å². The predicted octanol–water partition coefficient (Wildman–Crippen LogP) is 6.43. The molecule has 0 amide bonds. The Labute approximate surface area is 203 Å². The molecule has 34 heavy (non-hydrogen) atoms. The minimum atomic E-state index is -0.0518. The molecule has 0 saturated carbocycles. The normalized spacial score (nSPS) is 13.5. The Kier molecular flexibility index (Phi) is 6.17. The minimum Gasteiger partial charge on any atom is -0.493 e. The van der Waals surface area contributed by atoms with Crippen molar-refractivity contribution in [2.75, 3.05) is 7.11 Å². The molecule has 0 radical (unpaired) electrons. The lowest BCUT2D eigenvalue weighted by Gasteiger charge is -2.15. The molecule has 6 heteroatoms. The first-order valence-corrected chi connectivity index (χ1v) is 12.7. The summed E-state index contributed by atoms with van der Waals surface area (Å²) in [4.78, 5) is 23.0. The Hall–Kier alpha value is -3.12. The molecule has 4 aromatic rings. The smallest absolute Gasteiger partial charge is 0.260 e. The van der Waals surface area contributed by atoms with Gasteiger partial charge in [0.05, 0.1) is 12.5 Å². The van der Waals surface area contributed by atoms with Crippen LogP contribution >= 0.6 is 11.3 Å². The minimum absolute atomic E-state index is 0.0518. The Bertz CT molecular complexity index is 1410. The number of nitrogens with zero attached hydrogens (tertiary/aromatic N) is 1. The number of hydrogen-bond donors (Lipinski definition) is 1. The lowest BCUT2D eigenvalue weighted by Crippen LogP contribution is -2.10. The maximum Gasteiger partial charge on any atom is 0.260 e. The van der Waals surface area contributed by atoms with Gasteiger partial charge in [-0.05, 0) is 86.9 Å². The highest BCUT2D eigenvalue weighted by molar-refractivity contribution is 7.18. The van der Waals surface area contributed by atoms with E-state index in [1.54, 1.807) is 18.4 Å². The van der Waals surface area contributed by atoms with Crippen LogP contribution in [0.2, 0.25) is 0 Å². The van der Waals surface area contributed by atoms with Gasteiger partial charge >= 0.3 is 0 Å². The zero-order chi connectivity index (χ0) is 23.8. The van der Waals surface area contributed by atoms with Crippen molar-refractivity contribution in [3.05, 3.63) is 73.4 Å². The molecule has 0 saturated heterocycles. The molecule has 0 bridgehead atoms. The largest absolute Gasteiger partial charge is 0.493 e. The standard InChI is InChI=1S/C28H30N2O3S/c1-16-12-17(2)21(18(3)13-16)15-33-22-11-10-19(14-23(22)32-4)26-29-27(31)25-20-8-6-5-7-9-24(20)34-28(25)30-26/h10-14H,5-9,15H2,1-4H3,(H,29,30,31). The van der Waals surface area contributed by atoms with Gasteiger partial charge in [-0.3, -0.25) is 4.79 Å². The van der Waals surface area contributed by atoms with Gasteiger partial charge in [-0.25, -0.2) is 4.98 Å². The average molecular weight is 475 g/mol. The summed E-state index contributed by atoms with van der Waals surface area (Å²) in [6, 6.07) is 10.0. The number of aromatic amines is 1. The third-order valence-electron chi connectivity index (χ3n) is 6.72. The van der Waals surface area contributed by atoms with E-state index < -0.39 is 0 Å². The van der Waals surface area contributed by atoms with Crippen molar-refractivity contribution in [1.29, 1.82) is 0 Å². The molecule has 5 rings (SSSR count). The van der Waals surface area contributed by atoms with E-state index >= 15 is 0 Å². The van der Waals surface area contributed by atoms with Gasteiger partial charge < -0.3 is 14.5 Å². The second-order valence-corrected chi connectivity index (χ2v) is 10.3. The summed E-state index contributed by atoms with van der Waals surface area (Å²) in [5, 5.41) is 0.779. The van der Waals surface area contributed by atoms with Crippen LogP contribution < -0.4 is 15.0 Å². The van der Waals surface area contributed by atoms with E-state index in [2.05, 4.69) is 37.9 Å². The van der Waals surface area contributed by atoms with E-state index in [1.165, 1.54) is 45.5 Å². The van der Waals surface area contributed by atoms with Gasteiger partial charge in [-0.15, -0.1) is 11.3 Å². The number of hydrogen-bond acceptors (Lipinski definition) is 5. The van der Waals surface area contributed by atoms with Crippen molar-refractivity contribution < 1.29 is 9.47 Å². The number of methoxy groups -OCH3 is 1. The molecule has 5 nitrogen and oxygen atoms in total. The van der Waals surface area contributed by atoms with E-state index in [9.17, 15) is 4.79 Å². The number of aryl methyl sites for hydroxylation is 5. The summed E-state index contributed by atoms with van der Waals surface area (Å²) in [5.74, 6) is 1.84. The second-order valence-electron chi connectivity index (χ2n) is 9.19. The molecule has 176 valence electrons. The van der Waals surface area contributed by atoms with E-state index in [0.717, 1.165) is 35.0 Å². The maximum absolute atomic E-state index is 13.0. The van der Waals surface area contributed by atoms with Crippen LogP contribution in [0.4, 0.5) is 0 Å². The quantitative estimate of drug-likeness (QED) is 0.338. The molecule has 0 fully saturated rings. The number of H-pyrrole nitrogens is 1. The summed E-state index contributed by atoms with van der Waals surface area (Å²) in [6.45, 7) is 6.80.